The Morgan fingerprint density at radius 3 is 2.56 bits per heavy atom. The maximum absolute atomic E-state index is 11.9. The fourth-order valence-corrected chi connectivity index (χ4v) is 2.53. The van der Waals surface area contributed by atoms with E-state index in [1.54, 1.807) is 23.1 Å². The van der Waals surface area contributed by atoms with Gasteiger partial charge in [-0.05, 0) is 40.8 Å². The minimum absolute atomic E-state index is 0.186. The van der Waals surface area contributed by atoms with Crippen molar-refractivity contribution in [3.05, 3.63) is 52.2 Å². The summed E-state index contributed by atoms with van der Waals surface area (Å²) in [5.41, 5.74) is 1.90. The number of thioether (sulfide) groups is 1. The largest absolute Gasteiger partial charge is 0.294 e. The van der Waals surface area contributed by atoms with Gasteiger partial charge in [0, 0.05) is 16.9 Å². The van der Waals surface area contributed by atoms with Crippen LogP contribution in [0.1, 0.15) is 15.9 Å². The van der Waals surface area contributed by atoms with Crippen molar-refractivity contribution < 1.29 is 4.79 Å². The number of benzene rings is 1. The average molecular weight is 248 g/mol. The molecule has 0 aliphatic carbocycles. The number of carbonyl (C=O) groups is 1. The molecule has 0 bridgehead atoms. The predicted molar refractivity (Wildman–Crippen MR) is 70.6 cm³/mol. The molecule has 0 unspecified atom stereocenters. The normalized spacial score (nSPS) is 10.3. The van der Waals surface area contributed by atoms with Crippen molar-refractivity contribution in [2.45, 2.75) is 11.3 Å². The van der Waals surface area contributed by atoms with Crippen LogP contribution in [0.2, 0.25) is 0 Å². The molecule has 82 valence electrons. The first-order valence-corrected chi connectivity index (χ1v) is 7.14. The minimum atomic E-state index is 0.186. The maximum atomic E-state index is 11.9. The third-order valence-electron chi connectivity index (χ3n) is 2.36. The Bertz CT molecular complexity index is 457. The maximum Gasteiger partial charge on any atom is 0.167 e. The van der Waals surface area contributed by atoms with Crippen molar-refractivity contribution in [3.8, 4) is 0 Å². The molecular weight excluding hydrogens is 236 g/mol. The van der Waals surface area contributed by atoms with E-state index >= 15 is 0 Å². The highest BCUT2D eigenvalue weighted by molar-refractivity contribution is 7.98. The smallest absolute Gasteiger partial charge is 0.167 e. The fraction of sp³-hybridized carbons (Fsp3) is 0.154. The molecule has 0 fully saturated rings. The van der Waals surface area contributed by atoms with Gasteiger partial charge in [0.15, 0.2) is 5.78 Å². The van der Waals surface area contributed by atoms with Gasteiger partial charge in [-0.1, -0.05) is 12.1 Å². The lowest BCUT2D eigenvalue weighted by atomic mass is 10.1. The first-order chi connectivity index (χ1) is 7.79. The van der Waals surface area contributed by atoms with E-state index in [2.05, 4.69) is 0 Å². The van der Waals surface area contributed by atoms with Crippen molar-refractivity contribution in [3.63, 3.8) is 0 Å². The van der Waals surface area contributed by atoms with E-state index in [1.165, 1.54) is 4.90 Å². The van der Waals surface area contributed by atoms with E-state index in [9.17, 15) is 4.79 Å². The highest BCUT2D eigenvalue weighted by atomic mass is 32.2. The van der Waals surface area contributed by atoms with Gasteiger partial charge in [-0.2, -0.15) is 11.3 Å². The van der Waals surface area contributed by atoms with Crippen LogP contribution in [0.4, 0.5) is 0 Å². The van der Waals surface area contributed by atoms with E-state index in [0.717, 1.165) is 11.1 Å². The van der Waals surface area contributed by atoms with E-state index in [0.29, 0.717) is 6.42 Å². The Labute approximate surface area is 104 Å². The summed E-state index contributed by atoms with van der Waals surface area (Å²) in [5.74, 6) is 0.186. The molecule has 0 aliphatic rings. The second-order valence-corrected chi connectivity index (χ2v) is 5.12. The second-order valence-electron chi connectivity index (χ2n) is 3.46. The average Bonchev–Trinajstić information content (AvgIpc) is 2.82. The summed E-state index contributed by atoms with van der Waals surface area (Å²) in [4.78, 5) is 13.1. The summed E-state index contributed by atoms with van der Waals surface area (Å²) >= 11 is 3.31. The van der Waals surface area contributed by atoms with Crippen molar-refractivity contribution in [1.82, 2.24) is 0 Å². The van der Waals surface area contributed by atoms with Gasteiger partial charge in [0.25, 0.3) is 0 Å². The van der Waals surface area contributed by atoms with Gasteiger partial charge in [0.1, 0.15) is 0 Å². The molecule has 0 saturated heterocycles. The van der Waals surface area contributed by atoms with Gasteiger partial charge in [0.05, 0.1) is 0 Å². The summed E-state index contributed by atoms with van der Waals surface area (Å²) in [7, 11) is 0. The minimum Gasteiger partial charge on any atom is -0.294 e. The first kappa shape index (κ1) is 11.4. The van der Waals surface area contributed by atoms with Crippen LogP contribution in [-0.2, 0) is 6.42 Å². The molecule has 0 saturated carbocycles. The molecule has 2 aromatic rings. The molecule has 0 radical (unpaired) electrons. The summed E-state index contributed by atoms with van der Waals surface area (Å²) in [5, 5.41) is 4.02. The van der Waals surface area contributed by atoms with Crippen LogP contribution in [0.25, 0.3) is 0 Å². The monoisotopic (exact) mass is 248 g/mol. The molecule has 16 heavy (non-hydrogen) atoms. The topological polar surface area (TPSA) is 17.1 Å². The van der Waals surface area contributed by atoms with Gasteiger partial charge >= 0.3 is 0 Å². The highest BCUT2D eigenvalue weighted by Crippen LogP contribution is 2.16. The van der Waals surface area contributed by atoms with Crippen LogP contribution in [0.5, 0.6) is 0 Å². The Hall–Kier alpha value is -1.06. The molecule has 1 heterocycles. The zero-order chi connectivity index (χ0) is 11.4. The molecule has 0 N–H and O–H groups in total. The summed E-state index contributed by atoms with van der Waals surface area (Å²) in [6, 6.07) is 9.79. The zero-order valence-electron chi connectivity index (χ0n) is 8.97. The number of Topliss-reactive ketones (excluding diaryl/α,β-unsaturated/α-hetero) is 1. The molecule has 0 atom stereocenters. The van der Waals surface area contributed by atoms with Crippen LogP contribution >= 0.6 is 23.1 Å². The number of ketones is 1. The van der Waals surface area contributed by atoms with Crippen molar-refractivity contribution in [2.75, 3.05) is 6.26 Å². The number of carbonyl (C=O) groups excluding carboxylic acids is 1. The van der Waals surface area contributed by atoms with E-state index in [4.69, 9.17) is 0 Å². The van der Waals surface area contributed by atoms with E-state index < -0.39 is 0 Å². The molecule has 1 aromatic heterocycles. The SMILES string of the molecule is CSc1ccc(C(=O)Cc2ccsc2)cc1. The number of rotatable bonds is 4. The van der Waals surface area contributed by atoms with Gasteiger partial charge in [-0.15, -0.1) is 11.8 Å². The summed E-state index contributed by atoms with van der Waals surface area (Å²) in [6.45, 7) is 0. The number of hydrogen-bond donors (Lipinski definition) is 0. The zero-order valence-corrected chi connectivity index (χ0v) is 10.6. The predicted octanol–water partition coefficient (Wildman–Crippen LogP) is 3.90. The Balaban J connectivity index is 2.09. The van der Waals surface area contributed by atoms with Crippen molar-refractivity contribution in [2.24, 2.45) is 0 Å². The van der Waals surface area contributed by atoms with Gasteiger partial charge in [0.2, 0.25) is 0 Å². The third-order valence-corrected chi connectivity index (χ3v) is 3.83. The van der Waals surface area contributed by atoms with Crippen LogP contribution < -0.4 is 0 Å². The molecule has 1 nitrogen and oxygen atoms in total. The standard InChI is InChI=1S/C13H12OS2/c1-15-12-4-2-11(3-5-12)13(14)8-10-6-7-16-9-10/h2-7,9H,8H2,1H3. The Kier molecular flexibility index (Phi) is 3.80. The van der Waals surface area contributed by atoms with Gasteiger partial charge < -0.3 is 0 Å². The van der Waals surface area contributed by atoms with Crippen LogP contribution in [-0.4, -0.2) is 12.0 Å². The number of hydrogen-bond acceptors (Lipinski definition) is 3. The van der Waals surface area contributed by atoms with Crippen LogP contribution in [0.15, 0.2) is 46.0 Å². The fourth-order valence-electron chi connectivity index (χ4n) is 1.46. The van der Waals surface area contributed by atoms with Crippen LogP contribution in [0.3, 0.4) is 0 Å². The van der Waals surface area contributed by atoms with E-state index in [-0.39, 0.29) is 5.78 Å². The van der Waals surface area contributed by atoms with Crippen LogP contribution in [0, 0.1) is 0 Å². The molecule has 1 aromatic carbocycles. The van der Waals surface area contributed by atoms with E-state index in [1.807, 2.05) is 47.3 Å². The lowest BCUT2D eigenvalue weighted by Gasteiger charge is -2.01. The van der Waals surface area contributed by atoms with Crippen molar-refractivity contribution >= 4 is 28.9 Å². The first-order valence-electron chi connectivity index (χ1n) is 4.98. The Morgan fingerprint density at radius 2 is 2.00 bits per heavy atom. The lowest BCUT2D eigenvalue weighted by molar-refractivity contribution is 0.0993. The summed E-state index contributed by atoms with van der Waals surface area (Å²) < 4.78 is 0. The molecule has 2 rings (SSSR count). The molecular formula is C13H12OS2. The third kappa shape index (κ3) is 2.74. The molecule has 0 aliphatic heterocycles. The molecule has 0 spiro atoms. The quantitative estimate of drug-likeness (QED) is 0.603. The molecule has 0 amide bonds. The second kappa shape index (κ2) is 5.32. The number of thiophene rings is 1. The molecule has 3 heteroatoms. The van der Waals surface area contributed by atoms with Gasteiger partial charge in [-0.25, -0.2) is 0 Å². The summed E-state index contributed by atoms with van der Waals surface area (Å²) in [6.07, 6.45) is 2.53. The van der Waals surface area contributed by atoms with Crippen molar-refractivity contribution in [1.29, 1.82) is 0 Å². The highest BCUT2D eigenvalue weighted by Gasteiger charge is 2.06. The lowest BCUT2D eigenvalue weighted by Crippen LogP contribution is -2.02. The Morgan fingerprint density at radius 1 is 1.25 bits per heavy atom. The van der Waals surface area contributed by atoms with Gasteiger partial charge in [-0.3, -0.25) is 4.79 Å².